The third-order valence-electron chi connectivity index (χ3n) is 3.57. The van der Waals surface area contributed by atoms with Crippen LogP contribution < -0.4 is 4.74 Å². The Morgan fingerprint density at radius 3 is 1.95 bits per heavy atom. The first-order chi connectivity index (χ1) is 10.5. The van der Waals surface area contributed by atoms with Crippen LogP contribution in [0.15, 0.2) is 6.07 Å². The van der Waals surface area contributed by atoms with Crippen LogP contribution in [0.2, 0.25) is 0 Å². The quantitative estimate of drug-likeness (QED) is 0.597. The molecule has 0 spiro atoms. The summed E-state index contributed by atoms with van der Waals surface area (Å²) in [4.78, 5) is 11.0. The Hall–Kier alpha value is -1.31. The number of rotatable bonds is 1. The predicted octanol–water partition coefficient (Wildman–Crippen LogP) is 5.97. The number of hydrogen-bond acceptors (Lipinski definition) is 2. The van der Waals surface area contributed by atoms with Crippen molar-refractivity contribution >= 4 is 6.29 Å². The van der Waals surface area contributed by atoms with Crippen molar-refractivity contribution in [1.29, 1.82) is 0 Å². The molecule has 2 nitrogen and oxygen atoms in total. The van der Waals surface area contributed by atoms with Crippen LogP contribution in [0, 0.1) is 20.8 Å². The fraction of sp³-hybridized carbons (Fsp3) is 0.650. The van der Waals surface area contributed by atoms with Gasteiger partial charge in [0.05, 0.1) is 0 Å². The maximum atomic E-state index is 11.0. The van der Waals surface area contributed by atoms with Gasteiger partial charge in [0.1, 0.15) is 5.75 Å². The molecule has 0 aliphatic carbocycles. The zero-order valence-electron chi connectivity index (χ0n) is 16.4. The molecule has 22 heavy (non-hydrogen) atoms. The molecule has 0 fully saturated rings. The zero-order chi connectivity index (χ0) is 17.9. The van der Waals surface area contributed by atoms with Gasteiger partial charge in [0, 0.05) is 0 Å². The molecule has 1 aliphatic rings. The molecule has 0 N–H and O–H groups in total. The summed E-state index contributed by atoms with van der Waals surface area (Å²) in [6, 6.07) is 2.20. The van der Waals surface area contributed by atoms with Crippen molar-refractivity contribution in [2.75, 3.05) is 0 Å². The number of ether oxygens (including phenoxy) is 1. The lowest BCUT2D eigenvalue weighted by molar-refractivity contribution is -0.121. The van der Waals surface area contributed by atoms with E-state index in [0.717, 1.165) is 30.4 Å². The summed E-state index contributed by atoms with van der Waals surface area (Å²) in [5.74, 6) is 0.929. The molecular formula is C20H36O2. The molecule has 0 unspecified atom stereocenters. The first-order valence-corrected chi connectivity index (χ1v) is 8.72. The molecule has 0 amide bonds. The summed E-state index contributed by atoms with van der Waals surface area (Å²) in [7, 11) is 0. The molecule has 1 aromatic rings. The van der Waals surface area contributed by atoms with Crippen molar-refractivity contribution in [3.8, 4) is 5.75 Å². The Morgan fingerprint density at radius 2 is 1.50 bits per heavy atom. The highest BCUT2D eigenvalue weighted by atomic mass is 16.5. The van der Waals surface area contributed by atoms with Crippen LogP contribution in [0.25, 0.3) is 0 Å². The summed E-state index contributed by atoms with van der Waals surface area (Å²) in [6.45, 7) is 20.1. The molecule has 2 heteroatoms. The third kappa shape index (κ3) is 5.47. The molecule has 0 aromatic heterocycles. The Kier molecular flexibility index (Phi) is 11.8. The van der Waals surface area contributed by atoms with Gasteiger partial charge in [-0.25, -0.2) is 0 Å². The van der Waals surface area contributed by atoms with Crippen LogP contribution in [-0.4, -0.2) is 11.9 Å². The minimum Gasteiger partial charge on any atom is -0.480 e. The fourth-order valence-corrected chi connectivity index (χ4v) is 2.29. The van der Waals surface area contributed by atoms with Crippen LogP contribution >= 0.6 is 0 Å². The lowest BCUT2D eigenvalue weighted by Crippen LogP contribution is -2.38. The molecule has 1 aromatic carbocycles. The summed E-state index contributed by atoms with van der Waals surface area (Å²) < 4.78 is 5.89. The molecule has 0 bridgehead atoms. The highest BCUT2D eigenvalue weighted by Crippen LogP contribution is 2.38. The van der Waals surface area contributed by atoms with Gasteiger partial charge in [-0.05, 0) is 62.8 Å². The fourth-order valence-electron chi connectivity index (χ4n) is 2.29. The first kappa shape index (κ1) is 23.0. The minimum atomic E-state index is -0.641. The van der Waals surface area contributed by atoms with E-state index in [4.69, 9.17) is 4.74 Å². The molecule has 0 saturated carbocycles. The predicted molar refractivity (Wildman–Crippen MR) is 98.1 cm³/mol. The summed E-state index contributed by atoms with van der Waals surface area (Å²) in [5, 5.41) is 0. The molecule has 2 rings (SSSR count). The van der Waals surface area contributed by atoms with Crippen molar-refractivity contribution in [3.63, 3.8) is 0 Å². The second kappa shape index (κ2) is 11.3. The van der Waals surface area contributed by atoms with Crippen molar-refractivity contribution < 1.29 is 9.53 Å². The summed E-state index contributed by atoms with van der Waals surface area (Å²) in [6.07, 6.45) is 2.62. The Balaban J connectivity index is 0. The number of carbonyl (C=O) groups excluding carboxylic acids is 1. The van der Waals surface area contributed by atoms with E-state index in [-0.39, 0.29) is 0 Å². The first-order valence-electron chi connectivity index (χ1n) is 8.72. The van der Waals surface area contributed by atoms with Gasteiger partial charge >= 0.3 is 0 Å². The van der Waals surface area contributed by atoms with E-state index in [1.165, 1.54) is 16.7 Å². The SMILES string of the molecule is CC.CC.CC.Cc1cc(C)c2c(c1C)O[C@](C)(C=O)CC2. The second-order valence-electron chi connectivity index (χ2n) is 4.98. The lowest BCUT2D eigenvalue weighted by atomic mass is 9.88. The van der Waals surface area contributed by atoms with Gasteiger partial charge in [0.15, 0.2) is 11.9 Å². The highest BCUT2D eigenvalue weighted by molar-refractivity contribution is 5.65. The van der Waals surface area contributed by atoms with Crippen LogP contribution in [0.5, 0.6) is 5.75 Å². The molecule has 128 valence electrons. The Morgan fingerprint density at radius 1 is 1.00 bits per heavy atom. The van der Waals surface area contributed by atoms with E-state index in [0.29, 0.717) is 0 Å². The van der Waals surface area contributed by atoms with Crippen molar-refractivity contribution in [2.24, 2.45) is 0 Å². The second-order valence-corrected chi connectivity index (χ2v) is 4.98. The zero-order valence-corrected chi connectivity index (χ0v) is 16.4. The number of hydrogen-bond donors (Lipinski definition) is 0. The van der Waals surface area contributed by atoms with Crippen LogP contribution in [-0.2, 0) is 11.2 Å². The van der Waals surface area contributed by atoms with Crippen LogP contribution in [0.1, 0.15) is 77.1 Å². The van der Waals surface area contributed by atoms with Crippen LogP contribution in [0.4, 0.5) is 0 Å². The third-order valence-corrected chi connectivity index (χ3v) is 3.57. The molecule has 1 heterocycles. The maximum absolute atomic E-state index is 11.0. The molecular weight excluding hydrogens is 272 g/mol. The van der Waals surface area contributed by atoms with Gasteiger partial charge < -0.3 is 4.74 Å². The smallest absolute Gasteiger partial charge is 0.163 e. The topological polar surface area (TPSA) is 26.3 Å². The van der Waals surface area contributed by atoms with Crippen molar-refractivity contribution in [2.45, 2.75) is 87.7 Å². The van der Waals surface area contributed by atoms with Crippen LogP contribution in [0.3, 0.4) is 0 Å². The normalized spacial score (nSPS) is 17.9. The number of carbonyl (C=O) groups is 1. The van der Waals surface area contributed by atoms with Gasteiger partial charge in [-0.1, -0.05) is 47.6 Å². The highest BCUT2D eigenvalue weighted by Gasteiger charge is 2.32. The van der Waals surface area contributed by atoms with Gasteiger partial charge in [0.25, 0.3) is 0 Å². The van der Waals surface area contributed by atoms with Gasteiger partial charge in [-0.15, -0.1) is 0 Å². The van der Waals surface area contributed by atoms with Gasteiger partial charge in [-0.2, -0.15) is 0 Å². The van der Waals surface area contributed by atoms with E-state index < -0.39 is 5.60 Å². The van der Waals surface area contributed by atoms with E-state index in [1.807, 2.05) is 48.5 Å². The van der Waals surface area contributed by atoms with Crippen molar-refractivity contribution in [1.82, 2.24) is 0 Å². The van der Waals surface area contributed by atoms with E-state index in [2.05, 4.69) is 26.8 Å². The standard InChI is InChI=1S/C14H18O2.3C2H6/c1-9-7-10(2)12-5-6-14(4,8-15)16-13(12)11(9)3;3*1-2/h7-8H,5-6H2,1-4H3;3*1-2H3/t14-;;;/m0.../s1. The monoisotopic (exact) mass is 308 g/mol. The number of fused-ring (bicyclic) bond motifs is 1. The van der Waals surface area contributed by atoms with E-state index in [9.17, 15) is 4.79 Å². The molecule has 1 aliphatic heterocycles. The average Bonchev–Trinajstić information content (AvgIpc) is 2.58. The molecule has 0 radical (unpaired) electrons. The summed E-state index contributed by atoms with van der Waals surface area (Å²) in [5.41, 5.74) is 4.28. The lowest BCUT2D eigenvalue weighted by Gasteiger charge is -2.33. The minimum absolute atomic E-state index is 0.641. The maximum Gasteiger partial charge on any atom is 0.163 e. The average molecular weight is 309 g/mol. The number of aldehydes is 1. The largest absolute Gasteiger partial charge is 0.480 e. The van der Waals surface area contributed by atoms with E-state index in [1.54, 1.807) is 0 Å². The Bertz CT molecular complexity index is 450. The molecule has 0 saturated heterocycles. The van der Waals surface area contributed by atoms with Gasteiger partial charge in [-0.3, -0.25) is 4.79 Å². The van der Waals surface area contributed by atoms with E-state index >= 15 is 0 Å². The molecule has 1 atom stereocenters. The number of benzene rings is 1. The van der Waals surface area contributed by atoms with Crippen molar-refractivity contribution in [3.05, 3.63) is 28.3 Å². The number of aryl methyl sites for hydroxylation is 2. The summed E-state index contributed by atoms with van der Waals surface area (Å²) >= 11 is 0. The Labute approximate surface area is 138 Å². The van der Waals surface area contributed by atoms with Gasteiger partial charge in [0.2, 0.25) is 0 Å².